The third-order valence-corrected chi connectivity index (χ3v) is 5.12. The molecule has 2 heterocycles. The number of piperazine rings is 1. The van der Waals surface area contributed by atoms with Crippen LogP contribution in [0, 0.1) is 0 Å². The van der Waals surface area contributed by atoms with E-state index in [1.165, 1.54) is 0 Å². The van der Waals surface area contributed by atoms with Gasteiger partial charge < -0.3 is 19.4 Å². The molecule has 2 aliphatic heterocycles. The van der Waals surface area contributed by atoms with Gasteiger partial charge in [-0.25, -0.2) is 4.79 Å². The number of halogens is 2. The Bertz CT molecular complexity index is 627. The zero-order valence-electron chi connectivity index (χ0n) is 13.2. The van der Waals surface area contributed by atoms with Crippen LogP contribution in [0.15, 0.2) is 18.2 Å². The van der Waals surface area contributed by atoms with Crippen LogP contribution in [0.4, 0.5) is 4.79 Å². The average Bonchev–Trinajstić information content (AvgIpc) is 2.64. The van der Waals surface area contributed by atoms with Crippen molar-refractivity contribution in [2.75, 3.05) is 52.5 Å². The molecule has 8 heteroatoms. The van der Waals surface area contributed by atoms with Gasteiger partial charge in [0.1, 0.15) is 0 Å². The Balaban J connectivity index is 1.59. The molecule has 2 aliphatic rings. The molecule has 0 radical (unpaired) electrons. The Labute approximate surface area is 150 Å². The van der Waals surface area contributed by atoms with Crippen LogP contribution >= 0.6 is 23.2 Å². The first kappa shape index (κ1) is 17.3. The molecule has 1 aromatic rings. The van der Waals surface area contributed by atoms with Gasteiger partial charge in [-0.15, -0.1) is 0 Å². The lowest BCUT2D eigenvalue weighted by Crippen LogP contribution is -2.55. The van der Waals surface area contributed by atoms with Crippen LogP contribution < -0.4 is 0 Å². The fourth-order valence-corrected chi connectivity index (χ4v) is 3.28. The lowest BCUT2D eigenvalue weighted by Gasteiger charge is -2.38. The monoisotopic (exact) mass is 371 g/mol. The summed E-state index contributed by atoms with van der Waals surface area (Å²) in [6.07, 6.45) is 0. The van der Waals surface area contributed by atoms with Gasteiger partial charge in [-0.2, -0.15) is 0 Å². The van der Waals surface area contributed by atoms with E-state index >= 15 is 0 Å². The summed E-state index contributed by atoms with van der Waals surface area (Å²) in [5, 5.41) is 0.639. The van der Waals surface area contributed by atoms with Crippen molar-refractivity contribution in [1.82, 2.24) is 14.7 Å². The molecule has 0 unspecified atom stereocenters. The number of hydrogen-bond donors (Lipinski definition) is 0. The summed E-state index contributed by atoms with van der Waals surface area (Å²) in [7, 11) is 0. The molecule has 2 fully saturated rings. The van der Waals surface area contributed by atoms with Gasteiger partial charge in [0, 0.05) is 39.3 Å². The van der Waals surface area contributed by atoms with E-state index in [1.54, 1.807) is 32.9 Å². The van der Waals surface area contributed by atoms with Crippen molar-refractivity contribution in [3.05, 3.63) is 33.8 Å². The quantitative estimate of drug-likeness (QED) is 0.760. The van der Waals surface area contributed by atoms with Crippen molar-refractivity contribution >= 4 is 35.1 Å². The van der Waals surface area contributed by atoms with Crippen LogP contribution in [0.2, 0.25) is 10.0 Å². The predicted octanol–water partition coefficient (Wildman–Crippen LogP) is 2.20. The van der Waals surface area contributed by atoms with Gasteiger partial charge in [0.25, 0.3) is 5.91 Å². The predicted molar refractivity (Wildman–Crippen MR) is 91.7 cm³/mol. The number of urea groups is 1. The number of amides is 3. The van der Waals surface area contributed by atoms with E-state index in [0.717, 1.165) is 0 Å². The van der Waals surface area contributed by atoms with Crippen LogP contribution in [0.1, 0.15) is 10.4 Å². The molecule has 0 saturated carbocycles. The van der Waals surface area contributed by atoms with Gasteiger partial charge in [-0.05, 0) is 12.1 Å². The molecular formula is C16H19Cl2N3O3. The lowest BCUT2D eigenvalue weighted by molar-refractivity contribution is 0.0362. The maximum atomic E-state index is 12.6. The number of carbonyl (C=O) groups is 2. The fourth-order valence-electron chi connectivity index (χ4n) is 2.89. The highest BCUT2D eigenvalue weighted by Crippen LogP contribution is 2.26. The Morgan fingerprint density at radius 2 is 1.46 bits per heavy atom. The summed E-state index contributed by atoms with van der Waals surface area (Å²) < 4.78 is 5.27. The minimum absolute atomic E-state index is 0.0196. The summed E-state index contributed by atoms with van der Waals surface area (Å²) in [4.78, 5) is 30.4. The van der Waals surface area contributed by atoms with Crippen LogP contribution in [0.5, 0.6) is 0 Å². The minimum atomic E-state index is -0.152. The van der Waals surface area contributed by atoms with Crippen LogP contribution in [-0.4, -0.2) is 79.1 Å². The number of rotatable bonds is 1. The molecule has 0 aromatic heterocycles. The molecule has 1 aromatic carbocycles. The van der Waals surface area contributed by atoms with Crippen molar-refractivity contribution in [2.45, 2.75) is 0 Å². The number of ether oxygens (including phenoxy) is 1. The molecule has 24 heavy (non-hydrogen) atoms. The first-order chi connectivity index (χ1) is 11.6. The highest BCUT2D eigenvalue weighted by molar-refractivity contribution is 6.43. The fraction of sp³-hybridized carbons (Fsp3) is 0.500. The normalized spacial score (nSPS) is 18.7. The van der Waals surface area contributed by atoms with E-state index in [4.69, 9.17) is 27.9 Å². The summed E-state index contributed by atoms with van der Waals surface area (Å²) in [5.74, 6) is -0.152. The van der Waals surface area contributed by atoms with E-state index in [2.05, 4.69) is 0 Å². The smallest absolute Gasteiger partial charge is 0.320 e. The number of benzene rings is 1. The van der Waals surface area contributed by atoms with E-state index in [9.17, 15) is 9.59 Å². The third kappa shape index (κ3) is 3.61. The largest absolute Gasteiger partial charge is 0.378 e. The number of nitrogens with zero attached hydrogens (tertiary/aromatic N) is 3. The van der Waals surface area contributed by atoms with E-state index in [-0.39, 0.29) is 17.0 Å². The van der Waals surface area contributed by atoms with Crippen molar-refractivity contribution < 1.29 is 14.3 Å². The molecule has 0 bridgehead atoms. The molecule has 130 valence electrons. The van der Waals surface area contributed by atoms with Gasteiger partial charge in [0.05, 0.1) is 28.8 Å². The van der Waals surface area contributed by atoms with E-state index < -0.39 is 0 Å². The van der Waals surface area contributed by atoms with Crippen LogP contribution in [0.3, 0.4) is 0 Å². The maximum absolute atomic E-state index is 12.6. The third-order valence-electron chi connectivity index (χ3n) is 4.30. The number of morpholine rings is 1. The van der Waals surface area contributed by atoms with Gasteiger partial charge in [0.2, 0.25) is 0 Å². The van der Waals surface area contributed by atoms with E-state index in [1.807, 2.05) is 0 Å². The minimum Gasteiger partial charge on any atom is -0.378 e. The number of hydrogen-bond acceptors (Lipinski definition) is 3. The molecule has 3 amide bonds. The molecule has 0 aliphatic carbocycles. The Hall–Kier alpha value is -1.50. The topological polar surface area (TPSA) is 53.1 Å². The molecule has 0 N–H and O–H groups in total. The SMILES string of the molecule is O=C(c1cccc(Cl)c1Cl)N1CCN(C(=O)N2CCOCC2)CC1. The standard InChI is InChI=1S/C16H19Cl2N3O3/c17-13-3-1-2-12(14(13)18)15(22)19-4-6-20(7-5-19)16(23)21-8-10-24-11-9-21/h1-3H,4-11H2. The van der Waals surface area contributed by atoms with Gasteiger partial charge in [-0.1, -0.05) is 29.3 Å². The zero-order valence-corrected chi connectivity index (χ0v) is 14.7. The number of carbonyl (C=O) groups excluding carboxylic acids is 2. The molecule has 3 rings (SSSR count). The molecular weight excluding hydrogens is 353 g/mol. The summed E-state index contributed by atoms with van der Waals surface area (Å²) in [6, 6.07) is 5.05. The summed E-state index contributed by atoms with van der Waals surface area (Å²) in [6.45, 7) is 4.40. The Kier molecular flexibility index (Phi) is 5.48. The van der Waals surface area contributed by atoms with Crippen molar-refractivity contribution in [2.24, 2.45) is 0 Å². The summed E-state index contributed by atoms with van der Waals surface area (Å²) >= 11 is 12.1. The maximum Gasteiger partial charge on any atom is 0.320 e. The van der Waals surface area contributed by atoms with E-state index in [0.29, 0.717) is 63.1 Å². The average molecular weight is 372 g/mol. The Morgan fingerprint density at radius 1 is 0.875 bits per heavy atom. The van der Waals surface area contributed by atoms with Gasteiger partial charge >= 0.3 is 6.03 Å². The van der Waals surface area contributed by atoms with Gasteiger partial charge in [-0.3, -0.25) is 4.79 Å². The van der Waals surface area contributed by atoms with Crippen molar-refractivity contribution in [1.29, 1.82) is 0 Å². The lowest BCUT2D eigenvalue weighted by atomic mass is 10.2. The van der Waals surface area contributed by atoms with Crippen molar-refractivity contribution in [3.8, 4) is 0 Å². The second kappa shape index (κ2) is 7.59. The van der Waals surface area contributed by atoms with Crippen LogP contribution in [0.25, 0.3) is 0 Å². The highest BCUT2D eigenvalue weighted by Gasteiger charge is 2.29. The first-order valence-electron chi connectivity index (χ1n) is 7.93. The zero-order chi connectivity index (χ0) is 17.1. The molecule has 0 atom stereocenters. The second-order valence-electron chi connectivity index (χ2n) is 5.76. The summed E-state index contributed by atoms with van der Waals surface area (Å²) in [5.41, 5.74) is 0.400. The Morgan fingerprint density at radius 3 is 2.12 bits per heavy atom. The molecule has 0 spiro atoms. The van der Waals surface area contributed by atoms with Crippen LogP contribution in [-0.2, 0) is 4.74 Å². The molecule has 2 saturated heterocycles. The van der Waals surface area contributed by atoms with Crippen molar-refractivity contribution in [3.63, 3.8) is 0 Å². The first-order valence-corrected chi connectivity index (χ1v) is 8.68. The second-order valence-corrected chi connectivity index (χ2v) is 6.55. The molecule has 6 nitrogen and oxygen atoms in total. The highest BCUT2D eigenvalue weighted by atomic mass is 35.5. The van der Waals surface area contributed by atoms with Gasteiger partial charge in [0.15, 0.2) is 0 Å².